The van der Waals surface area contributed by atoms with Gasteiger partial charge < -0.3 is 15.4 Å². The SMILES string of the molecule is Cc1cccc(N(C)CC2COC(N)=N2)c1. The lowest BCUT2D eigenvalue weighted by Gasteiger charge is -2.21. The highest BCUT2D eigenvalue weighted by molar-refractivity contribution is 5.73. The molecule has 0 spiro atoms. The van der Waals surface area contributed by atoms with Gasteiger partial charge in [-0.3, -0.25) is 0 Å². The first-order chi connectivity index (χ1) is 7.65. The van der Waals surface area contributed by atoms with Gasteiger partial charge in [-0.05, 0) is 24.6 Å². The lowest BCUT2D eigenvalue weighted by atomic mass is 10.2. The average molecular weight is 219 g/mol. The van der Waals surface area contributed by atoms with E-state index in [0.717, 1.165) is 6.54 Å². The molecule has 1 aromatic rings. The van der Waals surface area contributed by atoms with Gasteiger partial charge in [0.2, 0.25) is 0 Å². The molecule has 0 saturated carbocycles. The molecule has 86 valence electrons. The molecule has 1 heterocycles. The van der Waals surface area contributed by atoms with E-state index in [9.17, 15) is 0 Å². The first-order valence-corrected chi connectivity index (χ1v) is 5.39. The molecule has 1 unspecified atom stereocenters. The summed E-state index contributed by atoms with van der Waals surface area (Å²) in [6.07, 6.45) is 0. The van der Waals surface area contributed by atoms with Crippen LogP contribution in [0, 0.1) is 6.92 Å². The molecule has 0 radical (unpaired) electrons. The van der Waals surface area contributed by atoms with Crippen molar-refractivity contribution in [3.05, 3.63) is 29.8 Å². The Hall–Kier alpha value is -1.71. The summed E-state index contributed by atoms with van der Waals surface area (Å²) >= 11 is 0. The molecule has 1 aliphatic rings. The van der Waals surface area contributed by atoms with Gasteiger partial charge in [0.1, 0.15) is 12.6 Å². The predicted molar refractivity (Wildman–Crippen MR) is 65.8 cm³/mol. The number of hydrogen-bond donors (Lipinski definition) is 1. The number of amidine groups is 1. The van der Waals surface area contributed by atoms with Crippen molar-refractivity contribution in [2.75, 3.05) is 25.1 Å². The van der Waals surface area contributed by atoms with E-state index < -0.39 is 0 Å². The molecular weight excluding hydrogens is 202 g/mol. The maximum atomic E-state index is 5.47. The van der Waals surface area contributed by atoms with Crippen LogP contribution in [0.3, 0.4) is 0 Å². The topological polar surface area (TPSA) is 50.9 Å². The van der Waals surface area contributed by atoms with Crippen molar-refractivity contribution in [1.29, 1.82) is 0 Å². The number of rotatable bonds is 3. The van der Waals surface area contributed by atoms with E-state index in [1.807, 2.05) is 0 Å². The molecule has 0 aliphatic carbocycles. The summed E-state index contributed by atoms with van der Waals surface area (Å²) in [6.45, 7) is 3.50. The van der Waals surface area contributed by atoms with Crippen LogP contribution >= 0.6 is 0 Å². The van der Waals surface area contributed by atoms with E-state index in [2.05, 4.69) is 48.1 Å². The number of likely N-dealkylation sites (N-methyl/N-ethyl adjacent to an activating group) is 1. The molecule has 16 heavy (non-hydrogen) atoms. The largest absolute Gasteiger partial charge is 0.463 e. The van der Waals surface area contributed by atoms with Crippen molar-refractivity contribution in [1.82, 2.24) is 0 Å². The van der Waals surface area contributed by atoms with Crippen LogP contribution in [0.25, 0.3) is 0 Å². The summed E-state index contributed by atoms with van der Waals surface area (Å²) in [5.41, 5.74) is 7.93. The Bertz CT molecular complexity index is 403. The quantitative estimate of drug-likeness (QED) is 0.829. The van der Waals surface area contributed by atoms with Gasteiger partial charge in [0.15, 0.2) is 0 Å². The Morgan fingerprint density at radius 3 is 3.00 bits per heavy atom. The number of aryl methyl sites for hydroxylation is 1. The lowest BCUT2D eigenvalue weighted by molar-refractivity contribution is 0.314. The molecule has 2 rings (SSSR count). The first-order valence-electron chi connectivity index (χ1n) is 5.39. The van der Waals surface area contributed by atoms with E-state index in [0.29, 0.717) is 12.6 Å². The Morgan fingerprint density at radius 2 is 2.38 bits per heavy atom. The van der Waals surface area contributed by atoms with E-state index in [1.54, 1.807) is 0 Å². The number of ether oxygens (including phenoxy) is 1. The number of nitrogens with two attached hydrogens (primary N) is 1. The second-order valence-corrected chi connectivity index (χ2v) is 4.15. The Kier molecular flexibility index (Phi) is 2.99. The average Bonchev–Trinajstić information content (AvgIpc) is 2.64. The van der Waals surface area contributed by atoms with Crippen LogP contribution in [0.5, 0.6) is 0 Å². The number of hydrogen-bond acceptors (Lipinski definition) is 4. The van der Waals surface area contributed by atoms with Gasteiger partial charge in [-0.15, -0.1) is 0 Å². The summed E-state index contributed by atoms with van der Waals surface area (Å²) in [5, 5.41) is 0. The van der Waals surface area contributed by atoms with Crippen LogP contribution in [-0.2, 0) is 4.74 Å². The highest BCUT2D eigenvalue weighted by Gasteiger charge is 2.18. The van der Waals surface area contributed by atoms with Crippen LogP contribution in [-0.4, -0.2) is 32.3 Å². The fourth-order valence-corrected chi connectivity index (χ4v) is 1.82. The van der Waals surface area contributed by atoms with Crippen LogP contribution in [0.15, 0.2) is 29.3 Å². The van der Waals surface area contributed by atoms with E-state index in [1.165, 1.54) is 11.3 Å². The lowest BCUT2D eigenvalue weighted by Crippen LogP contribution is -2.28. The maximum Gasteiger partial charge on any atom is 0.282 e. The number of aliphatic imine (C=N–C) groups is 1. The molecule has 0 bridgehead atoms. The fraction of sp³-hybridized carbons (Fsp3) is 0.417. The van der Waals surface area contributed by atoms with Gasteiger partial charge in [0, 0.05) is 19.3 Å². The molecule has 0 amide bonds. The van der Waals surface area contributed by atoms with Gasteiger partial charge >= 0.3 is 0 Å². The van der Waals surface area contributed by atoms with Gasteiger partial charge in [0.25, 0.3) is 6.02 Å². The predicted octanol–water partition coefficient (Wildman–Crippen LogP) is 1.14. The third-order valence-corrected chi connectivity index (χ3v) is 2.66. The summed E-state index contributed by atoms with van der Waals surface area (Å²) in [4.78, 5) is 6.38. The molecule has 4 nitrogen and oxygen atoms in total. The van der Waals surface area contributed by atoms with Crippen LogP contribution < -0.4 is 10.6 Å². The molecule has 4 heteroatoms. The molecule has 1 aromatic carbocycles. The molecule has 1 aliphatic heterocycles. The highest BCUT2D eigenvalue weighted by Crippen LogP contribution is 2.15. The minimum absolute atomic E-state index is 0.144. The van der Waals surface area contributed by atoms with Gasteiger partial charge in [-0.25, -0.2) is 4.99 Å². The number of nitrogens with zero attached hydrogens (tertiary/aromatic N) is 2. The van der Waals surface area contributed by atoms with Crippen LogP contribution in [0.4, 0.5) is 5.69 Å². The van der Waals surface area contributed by atoms with Crippen LogP contribution in [0.1, 0.15) is 5.56 Å². The normalized spacial score (nSPS) is 19.1. The Balaban J connectivity index is 2.00. The second kappa shape index (κ2) is 4.43. The van der Waals surface area contributed by atoms with Crippen molar-refractivity contribution in [3.63, 3.8) is 0 Å². The first kappa shape index (κ1) is 10.8. The summed E-state index contributed by atoms with van der Waals surface area (Å²) < 4.78 is 5.13. The second-order valence-electron chi connectivity index (χ2n) is 4.15. The summed E-state index contributed by atoms with van der Waals surface area (Å²) in [5.74, 6) is 0. The van der Waals surface area contributed by atoms with E-state index in [-0.39, 0.29) is 6.04 Å². The zero-order valence-electron chi connectivity index (χ0n) is 9.68. The smallest absolute Gasteiger partial charge is 0.282 e. The van der Waals surface area contributed by atoms with Gasteiger partial charge in [0.05, 0.1) is 0 Å². The monoisotopic (exact) mass is 219 g/mol. The van der Waals surface area contributed by atoms with Crippen molar-refractivity contribution in [3.8, 4) is 0 Å². The zero-order chi connectivity index (χ0) is 11.5. The third-order valence-electron chi connectivity index (χ3n) is 2.66. The molecule has 2 N–H and O–H groups in total. The van der Waals surface area contributed by atoms with Crippen molar-refractivity contribution < 1.29 is 4.74 Å². The maximum absolute atomic E-state index is 5.47. The standard InChI is InChI=1S/C12H17N3O/c1-9-4-3-5-11(6-9)15(2)7-10-8-16-12(13)14-10/h3-6,10H,7-8H2,1-2H3,(H2,13,14). The minimum atomic E-state index is 0.144. The van der Waals surface area contributed by atoms with Crippen LogP contribution in [0.2, 0.25) is 0 Å². The highest BCUT2D eigenvalue weighted by atomic mass is 16.5. The van der Waals surface area contributed by atoms with E-state index >= 15 is 0 Å². The van der Waals surface area contributed by atoms with Crippen molar-refractivity contribution in [2.24, 2.45) is 10.7 Å². The summed E-state index contributed by atoms with van der Waals surface area (Å²) in [6, 6.07) is 8.85. The van der Waals surface area contributed by atoms with Gasteiger partial charge in [-0.2, -0.15) is 0 Å². The molecule has 1 atom stereocenters. The molecule has 0 saturated heterocycles. The Labute approximate surface area is 95.7 Å². The van der Waals surface area contributed by atoms with E-state index in [4.69, 9.17) is 10.5 Å². The molecular formula is C12H17N3O. The van der Waals surface area contributed by atoms with Crippen molar-refractivity contribution in [2.45, 2.75) is 13.0 Å². The zero-order valence-corrected chi connectivity index (χ0v) is 9.68. The van der Waals surface area contributed by atoms with Crippen molar-refractivity contribution >= 4 is 11.7 Å². The third kappa shape index (κ3) is 2.45. The molecule has 0 fully saturated rings. The Morgan fingerprint density at radius 1 is 1.56 bits per heavy atom. The number of anilines is 1. The fourth-order valence-electron chi connectivity index (χ4n) is 1.82. The number of benzene rings is 1. The minimum Gasteiger partial charge on any atom is -0.463 e. The molecule has 0 aromatic heterocycles. The summed E-state index contributed by atoms with van der Waals surface area (Å²) in [7, 11) is 2.05. The van der Waals surface area contributed by atoms with Gasteiger partial charge in [-0.1, -0.05) is 12.1 Å².